The molecule has 0 unspecified atom stereocenters. The molecule has 0 aliphatic carbocycles. The summed E-state index contributed by atoms with van der Waals surface area (Å²) in [5, 5.41) is 11.5. The summed E-state index contributed by atoms with van der Waals surface area (Å²) in [5.41, 5.74) is 3.01. The van der Waals surface area contributed by atoms with Gasteiger partial charge < -0.3 is 0 Å². The second kappa shape index (κ2) is 4.45. The lowest BCUT2D eigenvalue weighted by Crippen LogP contribution is -2.23. The molecular formula is C16H11N5S. The Kier molecular flexibility index (Phi) is 2.42. The Labute approximate surface area is 130 Å². The van der Waals surface area contributed by atoms with E-state index in [9.17, 15) is 0 Å². The van der Waals surface area contributed by atoms with Crippen molar-refractivity contribution >= 4 is 33.1 Å². The van der Waals surface area contributed by atoms with Gasteiger partial charge in [0.15, 0.2) is 5.84 Å². The number of hydrogen-bond donors (Lipinski definition) is 0. The maximum atomic E-state index is 4.81. The van der Waals surface area contributed by atoms with Crippen molar-refractivity contribution in [3.63, 3.8) is 0 Å². The first-order valence-corrected chi connectivity index (χ1v) is 7.95. The third-order valence-corrected chi connectivity index (χ3v) is 4.96. The largest absolute Gasteiger partial charge is 0.264 e. The van der Waals surface area contributed by atoms with Crippen LogP contribution in [0.5, 0.6) is 0 Å². The molecular weight excluding hydrogens is 294 g/mol. The smallest absolute Gasteiger partial charge is 0.165 e. The molecule has 5 rings (SSSR count). The fourth-order valence-corrected chi connectivity index (χ4v) is 3.92. The van der Waals surface area contributed by atoms with Crippen molar-refractivity contribution in [3.05, 3.63) is 47.3 Å². The summed E-state index contributed by atoms with van der Waals surface area (Å²) < 4.78 is 0. The Morgan fingerprint density at radius 1 is 1.05 bits per heavy atom. The molecule has 0 fully saturated rings. The van der Waals surface area contributed by atoms with E-state index in [0.29, 0.717) is 0 Å². The molecule has 3 aromatic rings. The van der Waals surface area contributed by atoms with Crippen LogP contribution in [0.1, 0.15) is 4.88 Å². The van der Waals surface area contributed by atoms with Gasteiger partial charge in [-0.05, 0) is 12.1 Å². The number of pyridine rings is 1. The first kappa shape index (κ1) is 12.0. The van der Waals surface area contributed by atoms with Crippen LogP contribution in [-0.2, 0) is 0 Å². The second-order valence-corrected chi connectivity index (χ2v) is 6.21. The van der Waals surface area contributed by atoms with Crippen LogP contribution < -0.4 is 0 Å². The van der Waals surface area contributed by atoms with E-state index in [1.54, 1.807) is 11.3 Å². The Morgan fingerprint density at radius 3 is 2.86 bits per heavy atom. The van der Waals surface area contributed by atoms with Gasteiger partial charge in [0.25, 0.3) is 0 Å². The topological polar surface area (TPSA) is 53.2 Å². The van der Waals surface area contributed by atoms with Gasteiger partial charge in [-0.3, -0.25) is 4.99 Å². The predicted octanol–water partition coefficient (Wildman–Crippen LogP) is 4.04. The second-order valence-electron chi connectivity index (χ2n) is 5.21. The lowest BCUT2D eigenvalue weighted by molar-refractivity contribution is 0.454. The Hall–Kier alpha value is -2.60. The standard InChI is InChI=1S/C16H11N5S/c1-2-4-10(5-3-1)12-7-6-11-13-14(22-16(11)18-12)15-17-8-9-21(15)20-19-13/h1-7H,8-9H2. The van der Waals surface area contributed by atoms with Crippen molar-refractivity contribution in [2.24, 2.45) is 15.3 Å². The third-order valence-electron chi connectivity index (χ3n) is 3.87. The number of aliphatic imine (C=N–C) groups is 1. The highest BCUT2D eigenvalue weighted by Crippen LogP contribution is 2.42. The molecule has 5 nitrogen and oxygen atoms in total. The van der Waals surface area contributed by atoms with Crippen LogP contribution in [0.3, 0.4) is 0 Å². The van der Waals surface area contributed by atoms with Gasteiger partial charge in [-0.25, -0.2) is 9.99 Å². The Morgan fingerprint density at radius 2 is 1.95 bits per heavy atom. The van der Waals surface area contributed by atoms with Crippen LogP contribution in [0, 0.1) is 0 Å². The SMILES string of the molecule is c1ccc(-c2ccc3c4c(sc3n2)C2=NCCN2N=N4)cc1. The van der Waals surface area contributed by atoms with Crippen LogP contribution in [0.25, 0.3) is 21.5 Å². The third kappa shape index (κ3) is 1.64. The van der Waals surface area contributed by atoms with E-state index in [1.165, 1.54) is 0 Å². The van der Waals surface area contributed by atoms with E-state index in [1.807, 2.05) is 29.3 Å². The van der Waals surface area contributed by atoms with Crippen LogP contribution in [-0.4, -0.2) is 28.9 Å². The average Bonchev–Trinajstić information content (AvgIpc) is 3.18. The molecule has 1 aromatic carbocycles. The minimum Gasteiger partial charge on any atom is -0.264 e. The van der Waals surface area contributed by atoms with E-state index in [4.69, 9.17) is 4.98 Å². The van der Waals surface area contributed by atoms with E-state index < -0.39 is 0 Å². The molecule has 0 bridgehead atoms. The molecule has 0 atom stereocenters. The molecule has 2 aromatic heterocycles. The number of thiophene rings is 1. The van der Waals surface area contributed by atoms with Crippen LogP contribution in [0.4, 0.5) is 5.69 Å². The molecule has 0 radical (unpaired) electrons. The summed E-state index contributed by atoms with van der Waals surface area (Å²) in [6.07, 6.45) is 0. The van der Waals surface area contributed by atoms with Gasteiger partial charge >= 0.3 is 0 Å². The van der Waals surface area contributed by atoms with Crippen molar-refractivity contribution in [2.45, 2.75) is 0 Å². The summed E-state index contributed by atoms with van der Waals surface area (Å²) >= 11 is 1.65. The Bertz CT molecular complexity index is 942. The summed E-state index contributed by atoms with van der Waals surface area (Å²) in [7, 11) is 0. The van der Waals surface area contributed by atoms with Crippen molar-refractivity contribution in [1.82, 2.24) is 9.99 Å². The molecule has 22 heavy (non-hydrogen) atoms. The van der Waals surface area contributed by atoms with Crippen LogP contribution in [0.2, 0.25) is 0 Å². The van der Waals surface area contributed by atoms with Gasteiger partial charge in [0.05, 0.1) is 18.8 Å². The van der Waals surface area contributed by atoms with E-state index in [2.05, 4.69) is 33.5 Å². The zero-order valence-electron chi connectivity index (χ0n) is 11.6. The predicted molar refractivity (Wildman–Crippen MR) is 87.7 cm³/mol. The van der Waals surface area contributed by atoms with Gasteiger partial charge in [0, 0.05) is 10.9 Å². The molecule has 0 saturated heterocycles. The normalized spacial score (nSPS) is 15.8. The highest BCUT2D eigenvalue weighted by molar-refractivity contribution is 7.21. The van der Waals surface area contributed by atoms with E-state index in [0.717, 1.165) is 51.0 Å². The van der Waals surface area contributed by atoms with Gasteiger partial charge in [-0.2, -0.15) is 0 Å². The maximum Gasteiger partial charge on any atom is 0.165 e. The first-order valence-electron chi connectivity index (χ1n) is 7.13. The van der Waals surface area contributed by atoms with Crippen LogP contribution >= 0.6 is 11.3 Å². The fourth-order valence-electron chi connectivity index (χ4n) is 2.80. The number of nitrogens with zero attached hydrogens (tertiary/aromatic N) is 5. The molecule has 0 saturated carbocycles. The highest BCUT2D eigenvalue weighted by atomic mass is 32.1. The molecule has 2 aliphatic rings. The molecule has 2 aliphatic heterocycles. The first-order chi connectivity index (χ1) is 10.9. The van der Waals surface area contributed by atoms with Gasteiger partial charge in [0.2, 0.25) is 0 Å². The van der Waals surface area contributed by atoms with Crippen LogP contribution in [0.15, 0.2) is 57.8 Å². The number of amidine groups is 1. The maximum absolute atomic E-state index is 4.81. The minimum atomic E-state index is 0.782. The summed E-state index contributed by atoms with van der Waals surface area (Å²) in [4.78, 5) is 11.4. The minimum absolute atomic E-state index is 0.782. The number of benzene rings is 1. The zero-order chi connectivity index (χ0) is 14.5. The van der Waals surface area contributed by atoms with Gasteiger partial charge in [0.1, 0.15) is 15.4 Å². The van der Waals surface area contributed by atoms with Crippen molar-refractivity contribution in [2.75, 3.05) is 13.1 Å². The quantitative estimate of drug-likeness (QED) is 0.681. The summed E-state index contributed by atoms with van der Waals surface area (Å²) in [6.45, 7) is 1.60. The molecule has 0 amide bonds. The van der Waals surface area contributed by atoms with Gasteiger partial charge in [-0.1, -0.05) is 35.6 Å². The summed E-state index contributed by atoms with van der Waals surface area (Å²) in [6, 6.07) is 14.3. The lowest BCUT2D eigenvalue weighted by Gasteiger charge is -2.15. The number of hydrogen-bond acceptors (Lipinski definition) is 6. The number of rotatable bonds is 1. The molecule has 0 spiro atoms. The zero-order valence-corrected chi connectivity index (χ0v) is 12.4. The van der Waals surface area contributed by atoms with E-state index in [-0.39, 0.29) is 0 Å². The van der Waals surface area contributed by atoms with Gasteiger partial charge in [-0.15, -0.1) is 16.5 Å². The summed E-state index contributed by atoms with van der Waals surface area (Å²) in [5.74, 6) is 0.939. The molecule has 4 heterocycles. The fraction of sp³-hybridized carbons (Fsp3) is 0.125. The average molecular weight is 305 g/mol. The molecule has 6 heteroatoms. The molecule has 0 N–H and O–H groups in total. The molecule has 106 valence electrons. The Balaban J connectivity index is 1.71. The number of fused-ring (bicyclic) bond motifs is 5. The lowest BCUT2D eigenvalue weighted by atomic mass is 10.1. The monoisotopic (exact) mass is 305 g/mol. The number of aromatic nitrogens is 1. The van der Waals surface area contributed by atoms with Crippen molar-refractivity contribution in [3.8, 4) is 11.3 Å². The highest BCUT2D eigenvalue weighted by Gasteiger charge is 2.28. The van der Waals surface area contributed by atoms with Crippen molar-refractivity contribution < 1.29 is 0 Å². The van der Waals surface area contributed by atoms with E-state index >= 15 is 0 Å². The van der Waals surface area contributed by atoms with Crippen molar-refractivity contribution in [1.29, 1.82) is 0 Å².